The number of hydrogen-bond donors (Lipinski definition) is 0. The van der Waals surface area contributed by atoms with Gasteiger partial charge < -0.3 is 9.47 Å². The van der Waals surface area contributed by atoms with Crippen LogP contribution in [0.2, 0.25) is 0 Å². The van der Waals surface area contributed by atoms with Crippen LogP contribution in [-0.2, 0) is 0 Å². The van der Waals surface area contributed by atoms with Crippen LogP contribution in [0.1, 0.15) is 162 Å². The van der Waals surface area contributed by atoms with Crippen molar-refractivity contribution < 1.29 is 9.47 Å². The van der Waals surface area contributed by atoms with E-state index in [1.54, 1.807) is 0 Å². The number of hydrogen-bond acceptors (Lipinski definition) is 2. The van der Waals surface area contributed by atoms with Crippen molar-refractivity contribution in [1.82, 2.24) is 0 Å². The van der Waals surface area contributed by atoms with Crippen molar-refractivity contribution in [2.75, 3.05) is 13.2 Å². The van der Waals surface area contributed by atoms with Crippen molar-refractivity contribution in [2.45, 2.75) is 162 Å². The van der Waals surface area contributed by atoms with Crippen LogP contribution >= 0.6 is 0 Å². The molecule has 0 heterocycles. The molecule has 0 amide bonds. The predicted octanol–water partition coefficient (Wildman–Crippen LogP) is 11.5. The molecule has 0 aliphatic rings. The van der Waals surface area contributed by atoms with Gasteiger partial charge in [0, 0.05) is 0 Å². The Balaban J connectivity index is 1.81. The second kappa shape index (κ2) is 25.9. The van der Waals surface area contributed by atoms with Crippen molar-refractivity contribution in [3.8, 4) is 11.5 Å². The fraction of sp³-hybridized carbons (Fsp3) is 0.818. The molecule has 0 saturated carbocycles. The van der Waals surface area contributed by atoms with Crippen LogP contribution in [0.15, 0.2) is 24.3 Å². The summed E-state index contributed by atoms with van der Waals surface area (Å²) < 4.78 is 11.8. The van der Waals surface area contributed by atoms with Crippen molar-refractivity contribution in [2.24, 2.45) is 0 Å². The summed E-state index contributed by atoms with van der Waals surface area (Å²) in [5.41, 5.74) is 0. The molecule has 35 heavy (non-hydrogen) atoms. The van der Waals surface area contributed by atoms with E-state index in [0.717, 1.165) is 37.6 Å². The molecule has 1 aromatic carbocycles. The Kier molecular flexibility index (Phi) is 23.6. The van der Waals surface area contributed by atoms with Crippen molar-refractivity contribution in [1.29, 1.82) is 0 Å². The zero-order chi connectivity index (χ0) is 25.1. The van der Waals surface area contributed by atoms with Gasteiger partial charge in [0.05, 0.1) is 13.2 Å². The molecule has 0 saturated heterocycles. The summed E-state index contributed by atoms with van der Waals surface area (Å²) in [5, 5.41) is 0. The van der Waals surface area contributed by atoms with Gasteiger partial charge in [0.15, 0.2) is 0 Å². The lowest BCUT2D eigenvalue weighted by atomic mass is 10.0. The SMILES string of the molecule is CCCCCCCCCCCCCCCCCCCOc1ccc(OCCCCCCCC)cc1. The van der Waals surface area contributed by atoms with E-state index < -0.39 is 0 Å². The van der Waals surface area contributed by atoms with Gasteiger partial charge >= 0.3 is 0 Å². The van der Waals surface area contributed by atoms with E-state index in [1.807, 2.05) is 24.3 Å². The number of benzene rings is 1. The van der Waals surface area contributed by atoms with E-state index in [2.05, 4.69) is 13.8 Å². The third-order valence-electron chi connectivity index (χ3n) is 7.11. The first-order valence-electron chi connectivity index (χ1n) is 15.7. The van der Waals surface area contributed by atoms with Gasteiger partial charge in [0.2, 0.25) is 0 Å². The van der Waals surface area contributed by atoms with Crippen LogP contribution in [-0.4, -0.2) is 13.2 Å². The normalized spacial score (nSPS) is 11.1. The summed E-state index contributed by atoms with van der Waals surface area (Å²) in [5.74, 6) is 1.93. The number of unbranched alkanes of at least 4 members (excludes halogenated alkanes) is 21. The quantitative estimate of drug-likeness (QED) is 0.115. The molecule has 1 aromatic rings. The summed E-state index contributed by atoms with van der Waals surface area (Å²) in [6.07, 6.45) is 31.8. The summed E-state index contributed by atoms with van der Waals surface area (Å²) in [6, 6.07) is 8.18. The lowest BCUT2D eigenvalue weighted by molar-refractivity contribution is 0.296. The molecule has 1 rings (SSSR count). The Morgan fingerprint density at radius 3 is 0.829 bits per heavy atom. The van der Waals surface area contributed by atoms with Gasteiger partial charge in [0.25, 0.3) is 0 Å². The summed E-state index contributed by atoms with van der Waals surface area (Å²) in [7, 11) is 0. The largest absolute Gasteiger partial charge is 0.494 e. The van der Waals surface area contributed by atoms with E-state index in [-0.39, 0.29) is 0 Å². The lowest BCUT2D eigenvalue weighted by Gasteiger charge is -2.09. The lowest BCUT2D eigenvalue weighted by Crippen LogP contribution is -1.99. The van der Waals surface area contributed by atoms with E-state index in [9.17, 15) is 0 Å². The second-order valence-electron chi connectivity index (χ2n) is 10.6. The smallest absolute Gasteiger partial charge is 0.119 e. The average molecular weight is 489 g/mol. The molecule has 0 aliphatic heterocycles. The van der Waals surface area contributed by atoms with Gasteiger partial charge in [-0.15, -0.1) is 0 Å². The highest BCUT2D eigenvalue weighted by Crippen LogP contribution is 2.19. The van der Waals surface area contributed by atoms with Gasteiger partial charge in [-0.05, 0) is 37.1 Å². The van der Waals surface area contributed by atoms with Gasteiger partial charge in [-0.1, -0.05) is 149 Å². The van der Waals surface area contributed by atoms with Crippen LogP contribution in [0, 0.1) is 0 Å². The molecule has 0 spiro atoms. The second-order valence-corrected chi connectivity index (χ2v) is 10.6. The highest BCUT2D eigenvalue weighted by molar-refractivity contribution is 5.31. The summed E-state index contributed by atoms with van der Waals surface area (Å²) in [6.45, 7) is 6.21. The molecule has 2 nitrogen and oxygen atoms in total. The standard InChI is InChI=1S/C33H60O2/c1-3-5-7-9-11-12-13-14-15-16-17-18-19-20-21-23-25-31-35-33-28-26-32(27-29-33)34-30-24-22-10-8-6-4-2/h26-29H,3-25,30-31H2,1-2H3. The van der Waals surface area contributed by atoms with E-state index in [4.69, 9.17) is 9.47 Å². The third-order valence-corrected chi connectivity index (χ3v) is 7.11. The highest BCUT2D eigenvalue weighted by Gasteiger charge is 1.99. The van der Waals surface area contributed by atoms with Crippen LogP contribution in [0.25, 0.3) is 0 Å². The molecule has 0 aromatic heterocycles. The molecule has 2 heteroatoms. The molecule has 204 valence electrons. The Hall–Kier alpha value is -1.18. The monoisotopic (exact) mass is 488 g/mol. The molecule has 0 fully saturated rings. The molecular formula is C33H60O2. The van der Waals surface area contributed by atoms with Gasteiger partial charge in [-0.25, -0.2) is 0 Å². The zero-order valence-electron chi connectivity index (χ0n) is 23.8. The van der Waals surface area contributed by atoms with E-state index in [0.29, 0.717) is 0 Å². The van der Waals surface area contributed by atoms with E-state index in [1.165, 1.54) is 135 Å². The number of rotatable bonds is 27. The van der Waals surface area contributed by atoms with Crippen LogP contribution in [0.4, 0.5) is 0 Å². The Morgan fingerprint density at radius 1 is 0.343 bits per heavy atom. The average Bonchev–Trinajstić information content (AvgIpc) is 2.88. The highest BCUT2D eigenvalue weighted by atomic mass is 16.5. The number of ether oxygens (including phenoxy) is 2. The minimum Gasteiger partial charge on any atom is -0.494 e. The van der Waals surface area contributed by atoms with Crippen molar-refractivity contribution in [3.05, 3.63) is 24.3 Å². The Labute approximate surface area is 220 Å². The third kappa shape index (κ3) is 21.8. The minimum absolute atomic E-state index is 0.825. The maximum absolute atomic E-state index is 5.91. The molecule has 0 aliphatic carbocycles. The van der Waals surface area contributed by atoms with Gasteiger partial charge in [-0.2, -0.15) is 0 Å². The van der Waals surface area contributed by atoms with Gasteiger partial charge in [0.1, 0.15) is 11.5 Å². The first-order valence-corrected chi connectivity index (χ1v) is 15.7. The minimum atomic E-state index is 0.825. The van der Waals surface area contributed by atoms with Crippen molar-refractivity contribution in [3.63, 3.8) is 0 Å². The maximum Gasteiger partial charge on any atom is 0.119 e. The molecule has 0 unspecified atom stereocenters. The first-order chi connectivity index (χ1) is 17.4. The van der Waals surface area contributed by atoms with Gasteiger partial charge in [-0.3, -0.25) is 0 Å². The van der Waals surface area contributed by atoms with Crippen LogP contribution < -0.4 is 9.47 Å². The first kappa shape index (κ1) is 31.8. The fourth-order valence-electron chi connectivity index (χ4n) is 4.72. The summed E-state index contributed by atoms with van der Waals surface area (Å²) >= 11 is 0. The molecule has 0 bridgehead atoms. The maximum atomic E-state index is 5.91. The van der Waals surface area contributed by atoms with Crippen molar-refractivity contribution >= 4 is 0 Å². The Morgan fingerprint density at radius 2 is 0.571 bits per heavy atom. The molecule has 0 atom stereocenters. The van der Waals surface area contributed by atoms with E-state index >= 15 is 0 Å². The molecular weight excluding hydrogens is 428 g/mol. The molecule has 0 radical (unpaired) electrons. The topological polar surface area (TPSA) is 18.5 Å². The summed E-state index contributed by atoms with van der Waals surface area (Å²) in [4.78, 5) is 0. The van der Waals surface area contributed by atoms with Crippen LogP contribution in [0.5, 0.6) is 11.5 Å². The predicted molar refractivity (Wildman–Crippen MR) is 155 cm³/mol. The Bertz CT molecular complexity index is 524. The molecule has 0 N–H and O–H groups in total. The fourth-order valence-corrected chi connectivity index (χ4v) is 4.72. The van der Waals surface area contributed by atoms with Crippen LogP contribution in [0.3, 0.4) is 0 Å². The zero-order valence-corrected chi connectivity index (χ0v) is 23.8.